The Bertz CT molecular complexity index is 971. The van der Waals surface area contributed by atoms with E-state index in [0.29, 0.717) is 29.4 Å². The van der Waals surface area contributed by atoms with Crippen molar-refractivity contribution >= 4 is 28.5 Å². The highest BCUT2D eigenvalue weighted by Crippen LogP contribution is 2.31. The molecule has 0 aliphatic heterocycles. The number of thioether (sulfide) groups is 1. The second kappa shape index (κ2) is 11.6. The fourth-order valence-electron chi connectivity index (χ4n) is 2.84. The predicted molar refractivity (Wildman–Crippen MR) is 126 cm³/mol. The zero-order valence-corrected chi connectivity index (χ0v) is 19.4. The van der Waals surface area contributed by atoms with Crippen molar-refractivity contribution in [3.8, 4) is 5.88 Å². The number of halogens is 1. The van der Waals surface area contributed by atoms with Gasteiger partial charge in [0.15, 0.2) is 5.17 Å². The lowest BCUT2D eigenvalue weighted by molar-refractivity contribution is 0.102. The van der Waals surface area contributed by atoms with Crippen LogP contribution in [0.3, 0.4) is 0 Å². The van der Waals surface area contributed by atoms with Crippen LogP contribution in [0.15, 0.2) is 48.2 Å². The number of amidine groups is 1. The number of benzene rings is 1. The molecule has 0 aliphatic rings. The fraction of sp³-hybridized carbons (Fsp3) is 0.364. The molecule has 1 aromatic heterocycles. The SMILES string of the molecule is C=CC(C)Oc1cnc(C(=O)Nc2ccc(F)c(C[C@](C)(COC)SC(N)=NC)c2)cn1. The molecule has 1 aromatic carbocycles. The number of carbonyl (C=O) groups is 1. The average molecular weight is 462 g/mol. The van der Waals surface area contributed by atoms with Gasteiger partial charge in [0.05, 0.1) is 19.0 Å². The van der Waals surface area contributed by atoms with Crippen molar-refractivity contribution in [2.45, 2.75) is 31.1 Å². The Morgan fingerprint density at radius 3 is 2.78 bits per heavy atom. The number of aliphatic imine (C=N–C) groups is 1. The lowest BCUT2D eigenvalue weighted by Crippen LogP contribution is -2.33. The maximum absolute atomic E-state index is 14.5. The highest BCUT2D eigenvalue weighted by atomic mass is 32.2. The van der Waals surface area contributed by atoms with E-state index in [1.54, 1.807) is 33.2 Å². The lowest BCUT2D eigenvalue weighted by Gasteiger charge is -2.28. The van der Waals surface area contributed by atoms with E-state index in [9.17, 15) is 9.18 Å². The van der Waals surface area contributed by atoms with Crippen molar-refractivity contribution in [3.05, 3.63) is 60.3 Å². The van der Waals surface area contributed by atoms with Crippen LogP contribution < -0.4 is 15.8 Å². The van der Waals surface area contributed by atoms with Gasteiger partial charge in [-0.3, -0.25) is 9.79 Å². The number of hydrogen-bond acceptors (Lipinski definition) is 7. The van der Waals surface area contributed by atoms with Crippen molar-refractivity contribution in [1.29, 1.82) is 0 Å². The number of ether oxygens (including phenoxy) is 2. The normalized spacial score (nSPS) is 14.3. The second-order valence-corrected chi connectivity index (χ2v) is 8.89. The summed E-state index contributed by atoms with van der Waals surface area (Å²) in [5, 5.41) is 3.09. The summed E-state index contributed by atoms with van der Waals surface area (Å²) in [6, 6.07) is 4.37. The van der Waals surface area contributed by atoms with Gasteiger partial charge in [0.2, 0.25) is 5.88 Å². The molecule has 10 heteroatoms. The number of rotatable bonds is 10. The van der Waals surface area contributed by atoms with Crippen LogP contribution in [0.1, 0.15) is 29.9 Å². The summed E-state index contributed by atoms with van der Waals surface area (Å²) in [6.45, 7) is 7.68. The van der Waals surface area contributed by atoms with Gasteiger partial charge in [-0.1, -0.05) is 24.4 Å². The third-order valence-electron chi connectivity index (χ3n) is 4.39. The quantitative estimate of drug-likeness (QED) is 0.317. The first-order chi connectivity index (χ1) is 15.2. The van der Waals surface area contributed by atoms with E-state index in [2.05, 4.69) is 26.9 Å². The zero-order chi connectivity index (χ0) is 23.7. The monoisotopic (exact) mass is 461 g/mol. The molecule has 0 saturated carbocycles. The van der Waals surface area contributed by atoms with Crippen LogP contribution >= 0.6 is 11.8 Å². The van der Waals surface area contributed by atoms with Crippen LogP contribution in [0.4, 0.5) is 10.1 Å². The highest BCUT2D eigenvalue weighted by molar-refractivity contribution is 8.15. The van der Waals surface area contributed by atoms with Crippen molar-refractivity contribution in [3.63, 3.8) is 0 Å². The van der Waals surface area contributed by atoms with Gasteiger partial charge in [-0.2, -0.15) is 0 Å². The summed E-state index contributed by atoms with van der Waals surface area (Å²) in [6.07, 6.45) is 4.36. The first-order valence-corrected chi connectivity index (χ1v) is 10.6. The standard InChI is InChI=1S/C22H28FN5O3S/c1-6-14(2)31-19-12-26-18(11-27-19)20(29)28-16-7-8-17(23)15(9-16)10-22(3,13-30-5)32-21(24)25-4/h6-9,11-12,14H,1,10,13H2,2-5H3,(H2,24,25)(H,28,29)/t14?,22-/m1/s1. The Hall–Kier alpha value is -2.98. The number of aromatic nitrogens is 2. The summed E-state index contributed by atoms with van der Waals surface area (Å²) < 4.78 is 24.7. The van der Waals surface area contributed by atoms with Crippen LogP contribution in [-0.4, -0.2) is 52.7 Å². The van der Waals surface area contributed by atoms with Gasteiger partial charge in [0.1, 0.15) is 17.6 Å². The van der Waals surface area contributed by atoms with E-state index in [0.717, 1.165) is 0 Å². The van der Waals surface area contributed by atoms with E-state index in [-0.39, 0.29) is 17.7 Å². The molecule has 0 bridgehead atoms. The molecule has 2 rings (SSSR count). The van der Waals surface area contributed by atoms with Gasteiger partial charge >= 0.3 is 0 Å². The second-order valence-electron chi connectivity index (χ2n) is 7.28. The largest absolute Gasteiger partial charge is 0.469 e. The summed E-state index contributed by atoms with van der Waals surface area (Å²) in [5.41, 5.74) is 6.80. The molecule has 172 valence electrons. The maximum Gasteiger partial charge on any atom is 0.275 e. The minimum Gasteiger partial charge on any atom is -0.469 e. The molecule has 0 radical (unpaired) electrons. The highest BCUT2D eigenvalue weighted by Gasteiger charge is 2.29. The molecule has 0 fully saturated rings. The van der Waals surface area contributed by atoms with E-state index < -0.39 is 16.5 Å². The first-order valence-electron chi connectivity index (χ1n) is 9.81. The van der Waals surface area contributed by atoms with E-state index in [1.807, 2.05) is 6.92 Å². The Morgan fingerprint density at radius 2 is 2.19 bits per heavy atom. The van der Waals surface area contributed by atoms with Gasteiger partial charge in [-0.25, -0.2) is 14.4 Å². The van der Waals surface area contributed by atoms with Gasteiger partial charge in [-0.15, -0.1) is 0 Å². The van der Waals surface area contributed by atoms with Crippen LogP contribution in [0, 0.1) is 5.82 Å². The predicted octanol–water partition coefficient (Wildman–Crippen LogP) is 3.45. The maximum atomic E-state index is 14.5. The van der Waals surface area contributed by atoms with E-state index in [1.165, 1.54) is 36.3 Å². The Labute approximate surface area is 191 Å². The van der Waals surface area contributed by atoms with Crippen molar-refractivity contribution in [2.75, 3.05) is 26.1 Å². The molecule has 8 nitrogen and oxygen atoms in total. The Morgan fingerprint density at radius 1 is 1.44 bits per heavy atom. The summed E-state index contributed by atoms with van der Waals surface area (Å²) >= 11 is 1.31. The van der Waals surface area contributed by atoms with Crippen LogP contribution in [0.5, 0.6) is 5.88 Å². The van der Waals surface area contributed by atoms with E-state index in [4.69, 9.17) is 15.2 Å². The average Bonchev–Trinajstić information content (AvgIpc) is 2.76. The number of hydrogen-bond donors (Lipinski definition) is 2. The molecule has 0 spiro atoms. The third-order valence-corrected chi connectivity index (χ3v) is 5.54. The number of anilines is 1. The Kier molecular flexibility index (Phi) is 9.15. The van der Waals surface area contributed by atoms with Crippen LogP contribution in [0.25, 0.3) is 0 Å². The van der Waals surface area contributed by atoms with Crippen LogP contribution in [0.2, 0.25) is 0 Å². The third kappa shape index (κ3) is 7.31. The fourth-order valence-corrected chi connectivity index (χ4v) is 3.84. The molecule has 1 heterocycles. The van der Waals surface area contributed by atoms with Gasteiger partial charge in [0, 0.05) is 24.6 Å². The smallest absolute Gasteiger partial charge is 0.275 e. The van der Waals surface area contributed by atoms with Crippen molar-refractivity contribution in [1.82, 2.24) is 9.97 Å². The number of amides is 1. The molecule has 1 amide bonds. The minimum atomic E-state index is -0.550. The molecule has 3 N–H and O–H groups in total. The number of nitrogens with two attached hydrogens (primary N) is 1. The van der Waals surface area contributed by atoms with Crippen molar-refractivity contribution < 1.29 is 18.7 Å². The molecule has 2 aromatic rings. The van der Waals surface area contributed by atoms with E-state index >= 15 is 0 Å². The molecule has 0 saturated heterocycles. The molecule has 1 unspecified atom stereocenters. The van der Waals surface area contributed by atoms with Crippen LogP contribution in [-0.2, 0) is 11.2 Å². The number of nitrogens with zero attached hydrogens (tertiary/aromatic N) is 3. The minimum absolute atomic E-state index is 0.0983. The number of carbonyl (C=O) groups excluding carboxylic acids is 1. The molecule has 0 aliphatic carbocycles. The molecular formula is C22H28FN5O3S. The van der Waals surface area contributed by atoms with Gasteiger partial charge < -0.3 is 20.5 Å². The Balaban J connectivity index is 2.16. The zero-order valence-electron chi connectivity index (χ0n) is 18.6. The lowest BCUT2D eigenvalue weighted by atomic mass is 10.00. The molecule has 32 heavy (non-hydrogen) atoms. The summed E-state index contributed by atoms with van der Waals surface area (Å²) in [4.78, 5) is 24.7. The molecular weight excluding hydrogens is 433 g/mol. The number of methoxy groups -OCH3 is 1. The molecule has 2 atom stereocenters. The van der Waals surface area contributed by atoms with Gasteiger partial charge in [-0.05, 0) is 44.0 Å². The number of nitrogens with one attached hydrogen (secondary N) is 1. The summed E-state index contributed by atoms with van der Waals surface area (Å²) in [5.74, 6) is -0.590. The van der Waals surface area contributed by atoms with Gasteiger partial charge in [0.25, 0.3) is 5.91 Å². The summed E-state index contributed by atoms with van der Waals surface area (Å²) in [7, 11) is 3.16. The first kappa shape index (κ1) is 25.3. The topological polar surface area (TPSA) is 112 Å². The van der Waals surface area contributed by atoms with Crippen molar-refractivity contribution in [2.24, 2.45) is 10.7 Å².